The molecule has 0 unspecified atom stereocenters. The highest BCUT2D eigenvalue weighted by atomic mass is 19.3. The van der Waals surface area contributed by atoms with E-state index in [2.05, 4.69) is 25.0 Å². The fourth-order valence-corrected chi connectivity index (χ4v) is 3.44. The summed E-state index contributed by atoms with van der Waals surface area (Å²) >= 11 is 0. The molecule has 1 aromatic carbocycles. The first kappa shape index (κ1) is 22.5. The minimum atomic E-state index is -3.31. The van der Waals surface area contributed by atoms with Crippen molar-refractivity contribution >= 4 is 17.4 Å². The molecule has 1 saturated heterocycles. The number of aromatic nitrogens is 3. The maximum absolute atomic E-state index is 13.0. The highest BCUT2D eigenvalue weighted by Gasteiger charge is 2.32. The molecule has 1 amide bonds. The molecule has 172 valence electrons. The van der Waals surface area contributed by atoms with Crippen LogP contribution in [0.3, 0.4) is 0 Å². The second-order valence-electron chi connectivity index (χ2n) is 7.65. The van der Waals surface area contributed by atoms with Crippen molar-refractivity contribution in [3.8, 4) is 16.9 Å². The smallest absolute Gasteiger partial charge is 0.394 e. The molecule has 0 radical (unpaired) electrons. The van der Waals surface area contributed by atoms with E-state index >= 15 is 0 Å². The lowest BCUT2D eigenvalue weighted by Gasteiger charge is -2.20. The predicted molar refractivity (Wildman–Crippen MR) is 115 cm³/mol. The Hall–Kier alpha value is -3.70. The van der Waals surface area contributed by atoms with Crippen LogP contribution in [0.25, 0.3) is 11.1 Å². The summed E-state index contributed by atoms with van der Waals surface area (Å²) in [5, 5.41) is 22.5. The fourth-order valence-electron chi connectivity index (χ4n) is 3.44. The molecule has 33 heavy (non-hydrogen) atoms. The Labute approximate surface area is 187 Å². The van der Waals surface area contributed by atoms with E-state index in [0.717, 1.165) is 0 Å². The number of aliphatic hydroxyl groups excluding tert-OH is 2. The van der Waals surface area contributed by atoms with Gasteiger partial charge in [-0.1, -0.05) is 0 Å². The van der Waals surface area contributed by atoms with Gasteiger partial charge in [0.2, 0.25) is 0 Å². The highest BCUT2D eigenvalue weighted by Crippen LogP contribution is 2.32. The van der Waals surface area contributed by atoms with E-state index in [-0.39, 0.29) is 24.4 Å². The summed E-state index contributed by atoms with van der Waals surface area (Å²) in [7, 11) is 0. The number of carbonyl (C=O) groups excluding carboxylic acids is 1. The van der Waals surface area contributed by atoms with Gasteiger partial charge >= 0.3 is 6.11 Å². The van der Waals surface area contributed by atoms with Gasteiger partial charge in [-0.3, -0.25) is 4.79 Å². The number of halogens is 2. The average Bonchev–Trinajstić information content (AvgIpc) is 3.12. The maximum atomic E-state index is 13.0. The van der Waals surface area contributed by atoms with Gasteiger partial charge in [0.15, 0.2) is 0 Å². The molecule has 4 rings (SSSR count). The minimum Gasteiger partial charge on any atom is -0.433 e. The van der Waals surface area contributed by atoms with Crippen LogP contribution in [0, 0.1) is 0 Å². The zero-order valence-corrected chi connectivity index (χ0v) is 17.5. The molecule has 0 bridgehead atoms. The Kier molecular flexibility index (Phi) is 6.16. The average molecular weight is 457 g/mol. The third-order valence-corrected chi connectivity index (χ3v) is 4.97. The van der Waals surface area contributed by atoms with Gasteiger partial charge in [-0.15, -0.1) is 0 Å². The van der Waals surface area contributed by atoms with Crippen LogP contribution < -0.4 is 15.0 Å². The number of nitrogens with one attached hydrogen (secondary N) is 1. The molecule has 3 heterocycles. The van der Waals surface area contributed by atoms with Crippen LogP contribution in [0.2, 0.25) is 0 Å². The van der Waals surface area contributed by atoms with Crippen LogP contribution >= 0.6 is 0 Å². The van der Waals surface area contributed by atoms with Crippen LogP contribution in [0.15, 0.2) is 55.2 Å². The molecule has 2 atom stereocenters. The maximum Gasteiger partial charge on any atom is 0.394 e. The Morgan fingerprint density at radius 2 is 1.76 bits per heavy atom. The lowest BCUT2D eigenvalue weighted by molar-refractivity contribution is -0.158. The van der Waals surface area contributed by atoms with Crippen molar-refractivity contribution in [1.82, 2.24) is 15.0 Å². The van der Waals surface area contributed by atoms with Crippen LogP contribution in [0.5, 0.6) is 5.75 Å². The number of amides is 1. The summed E-state index contributed by atoms with van der Waals surface area (Å²) in [6, 6.07) is 7.15. The standard InChI is InChI=1S/C22H21F2N5O4/c1-22(23,24)33-16-4-2-15(3-5-16)28-21(32)13-6-17(14-7-25-12-26-8-14)20(27-9-13)29-10-18(30)19(31)11-29/h2-9,12,18-19,30-31H,10-11H2,1H3,(H,28,32)/t18-,19+. The molecule has 11 heteroatoms. The normalized spacial score (nSPS) is 18.3. The molecular weight excluding hydrogens is 436 g/mol. The van der Waals surface area contributed by atoms with Crippen molar-refractivity contribution in [1.29, 1.82) is 0 Å². The van der Waals surface area contributed by atoms with E-state index in [1.165, 1.54) is 36.8 Å². The van der Waals surface area contributed by atoms with Crippen LogP contribution in [-0.2, 0) is 0 Å². The number of anilines is 2. The summed E-state index contributed by atoms with van der Waals surface area (Å²) in [4.78, 5) is 27.0. The van der Waals surface area contributed by atoms with Gasteiger partial charge in [0, 0.05) is 55.4 Å². The van der Waals surface area contributed by atoms with Gasteiger partial charge in [-0.05, 0) is 30.3 Å². The van der Waals surface area contributed by atoms with Crippen molar-refractivity contribution < 1.29 is 28.5 Å². The Balaban J connectivity index is 1.58. The molecule has 1 aliphatic heterocycles. The van der Waals surface area contributed by atoms with E-state index in [9.17, 15) is 23.8 Å². The Bertz CT molecular complexity index is 1120. The number of pyridine rings is 1. The van der Waals surface area contributed by atoms with Gasteiger partial charge in [0.05, 0.1) is 17.8 Å². The second-order valence-corrected chi connectivity index (χ2v) is 7.65. The van der Waals surface area contributed by atoms with E-state index in [1.807, 2.05) is 0 Å². The monoisotopic (exact) mass is 457 g/mol. The number of rotatable bonds is 6. The highest BCUT2D eigenvalue weighted by molar-refractivity contribution is 6.05. The molecule has 3 N–H and O–H groups in total. The molecule has 2 aromatic heterocycles. The van der Waals surface area contributed by atoms with E-state index < -0.39 is 24.2 Å². The number of hydrogen-bond acceptors (Lipinski definition) is 8. The van der Waals surface area contributed by atoms with Gasteiger partial charge in [0.25, 0.3) is 5.91 Å². The molecule has 9 nitrogen and oxygen atoms in total. The first-order valence-corrected chi connectivity index (χ1v) is 10.0. The zero-order valence-electron chi connectivity index (χ0n) is 17.5. The van der Waals surface area contributed by atoms with Crippen molar-refractivity contribution in [3.63, 3.8) is 0 Å². The lowest BCUT2D eigenvalue weighted by Crippen LogP contribution is -2.23. The summed E-state index contributed by atoms with van der Waals surface area (Å²) in [6.45, 7) is 1.01. The minimum absolute atomic E-state index is 0.0344. The Morgan fingerprint density at radius 3 is 2.36 bits per heavy atom. The van der Waals surface area contributed by atoms with Gasteiger partial charge in [0.1, 0.15) is 17.9 Å². The zero-order chi connectivity index (χ0) is 23.6. The van der Waals surface area contributed by atoms with Crippen molar-refractivity contribution in [2.45, 2.75) is 25.2 Å². The number of carbonyl (C=O) groups is 1. The lowest BCUT2D eigenvalue weighted by atomic mass is 10.1. The number of ether oxygens (including phenoxy) is 1. The first-order chi connectivity index (χ1) is 15.7. The van der Waals surface area contributed by atoms with Crippen molar-refractivity contribution in [3.05, 3.63) is 60.8 Å². The number of hydrogen-bond donors (Lipinski definition) is 3. The number of benzene rings is 1. The first-order valence-electron chi connectivity index (χ1n) is 10.0. The topological polar surface area (TPSA) is 121 Å². The quantitative estimate of drug-likeness (QED) is 0.516. The van der Waals surface area contributed by atoms with Crippen LogP contribution in [-0.4, -0.2) is 62.5 Å². The largest absolute Gasteiger partial charge is 0.433 e. The third kappa shape index (κ3) is 5.38. The van der Waals surface area contributed by atoms with E-state index in [1.54, 1.807) is 23.4 Å². The van der Waals surface area contributed by atoms with Crippen molar-refractivity contribution in [2.24, 2.45) is 0 Å². The number of nitrogens with zero attached hydrogens (tertiary/aromatic N) is 4. The molecule has 0 aliphatic carbocycles. The summed E-state index contributed by atoms with van der Waals surface area (Å²) in [6.07, 6.45) is 0.767. The fraction of sp³-hybridized carbons (Fsp3) is 0.273. The summed E-state index contributed by atoms with van der Waals surface area (Å²) in [5.74, 6) is -0.0325. The Morgan fingerprint density at radius 1 is 1.12 bits per heavy atom. The number of alkyl halides is 2. The number of β-amino-alcohol motifs (C(OH)–C–C–N with tert-alkyl or cyclic N) is 2. The molecular formula is C22H21F2N5O4. The summed E-state index contributed by atoms with van der Waals surface area (Å²) < 4.78 is 30.4. The SMILES string of the molecule is CC(F)(F)Oc1ccc(NC(=O)c2cnc(N3C[C@@H](O)[C@@H](O)C3)c(-c3cncnc3)c2)cc1. The van der Waals surface area contributed by atoms with Crippen molar-refractivity contribution in [2.75, 3.05) is 23.3 Å². The number of aliphatic hydroxyl groups is 2. The molecule has 1 aliphatic rings. The van der Waals surface area contributed by atoms with Crippen LogP contribution in [0.1, 0.15) is 17.3 Å². The molecule has 0 spiro atoms. The van der Waals surface area contributed by atoms with Gasteiger partial charge < -0.3 is 25.2 Å². The molecule has 3 aromatic rings. The second kappa shape index (κ2) is 9.04. The van der Waals surface area contributed by atoms with E-state index in [0.29, 0.717) is 29.6 Å². The van der Waals surface area contributed by atoms with E-state index in [4.69, 9.17) is 0 Å². The van der Waals surface area contributed by atoms with Crippen LogP contribution in [0.4, 0.5) is 20.3 Å². The van der Waals surface area contributed by atoms with Gasteiger partial charge in [-0.2, -0.15) is 8.78 Å². The van der Waals surface area contributed by atoms with Gasteiger partial charge in [-0.25, -0.2) is 15.0 Å². The molecule has 0 saturated carbocycles. The predicted octanol–water partition coefficient (Wildman–Crippen LogP) is 2.32. The summed E-state index contributed by atoms with van der Waals surface area (Å²) in [5.41, 5.74) is 1.77. The molecule has 1 fully saturated rings. The third-order valence-electron chi connectivity index (χ3n) is 4.97.